The topological polar surface area (TPSA) is 61.4 Å². The monoisotopic (exact) mass is 431 g/mol. The second-order valence-corrected chi connectivity index (χ2v) is 8.12. The van der Waals surface area contributed by atoms with Crippen LogP contribution in [0.5, 0.6) is 0 Å². The largest absolute Gasteiger partial charge is 0.337 e. The molecule has 5 nitrogen and oxygen atoms in total. The van der Waals surface area contributed by atoms with Crippen molar-refractivity contribution in [1.29, 1.82) is 0 Å². The lowest BCUT2D eigenvalue weighted by atomic mass is 9.97. The zero-order chi connectivity index (χ0) is 18.7. The molecule has 2 N–H and O–H groups in total. The maximum absolute atomic E-state index is 12.5. The van der Waals surface area contributed by atoms with Crippen LogP contribution in [0.4, 0.5) is 5.69 Å². The molecule has 1 fully saturated rings. The van der Waals surface area contributed by atoms with Crippen LogP contribution in [0.1, 0.15) is 22.5 Å². The first kappa shape index (κ1) is 19.3. The number of benzene rings is 1. The maximum Gasteiger partial charge on any atom is 0.263 e. The highest BCUT2D eigenvalue weighted by atomic mass is 35.5. The van der Waals surface area contributed by atoms with Gasteiger partial charge < -0.3 is 4.90 Å². The molecule has 138 valence electrons. The van der Waals surface area contributed by atoms with Gasteiger partial charge in [-0.25, -0.2) is 0 Å². The molecule has 26 heavy (non-hydrogen) atoms. The average Bonchev–Trinajstić information content (AvgIpc) is 3.14. The van der Waals surface area contributed by atoms with E-state index in [9.17, 15) is 9.59 Å². The average molecular weight is 433 g/mol. The Balaban J connectivity index is 1.60. The van der Waals surface area contributed by atoms with E-state index in [1.807, 2.05) is 11.4 Å². The smallest absolute Gasteiger partial charge is 0.263 e. The molecule has 0 bridgehead atoms. The molecule has 9 heteroatoms. The second kappa shape index (κ2) is 8.48. The molecule has 2 heterocycles. The van der Waals surface area contributed by atoms with E-state index in [0.29, 0.717) is 45.1 Å². The fraction of sp³-hybridized carbons (Fsp3) is 0.294. The molecule has 0 saturated carbocycles. The third-order valence-electron chi connectivity index (χ3n) is 4.13. The summed E-state index contributed by atoms with van der Waals surface area (Å²) in [6, 6.07) is 6.70. The Hall–Kier alpha value is -1.47. The van der Waals surface area contributed by atoms with Crippen molar-refractivity contribution in [2.75, 3.05) is 18.5 Å². The number of anilines is 1. The van der Waals surface area contributed by atoms with Gasteiger partial charge in [0.1, 0.15) is 0 Å². The molecule has 1 aromatic carbocycles. The SMILES string of the molecule is O=C(NNc1c(Cl)cc(Cl)cc1Cl)[C@@H]1CCCN(C(=O)c2cccs2)C1. The fourth-order valence-corrected chi connectivity index (χ4v) is 4.42. The summed E-state index contributed by atoms with van der Waals surface area (Å²) in [6.45, 7) is 1.04. The van der Waals surface area contributed by atoms with Gasteiger partial charge >= 0.3 is 0 Å². The van der Waals surface area contributed by atoms with E-state index in [-0.39, 0.29) is 17.7 Å². The third kappa shape index (κ3) is 4.43. The lowest BCUT2D eigenvalue weighted by Gasteiger charge is -2.31. The van der Waals surface area contributed by atoms with Gasteiger partial charge in [-0.3, -0.25) is 20.4 Å². The quantitative estimate of drug-likeness (QED) is 0.688. The number of thiophene rings is 1. The van der Waals surface area contributed by atoms with Crippen LogP contribution in [0.15, 0.2) is 29.6 Å². The number of hydrazine groups is 1. The highest BCUT2D eigenvalue weighted by Gasteiger charge is 2.29. The first-order valence-corrected chi connectivity index (χ1v) is 10.00. The van der Waals surface area contributed by atoms with E-state index < -0.39 is 0 Å². The molecular formula is C17H16Cl3N3O2S. The van der Waals surface area contributed by atoms with Crippen molar-refractivity contribution < 1.29 is 9.59 Å². The molecular weight excluding hydrogens is 417 g/mol. The summed E-state index contributed by atoms with van der Waals surface area (Å²) in [5.74, 6) is -0.546. The van der Waals surface area contributed by atoms with Gasteiger partial charge in [-0.05, 0) is 36.4 Å². The molecule has 0 unspecified atom stereocenters. The second-order valence-electron chi connectivity index (χ2n) is 5.93. The first-order valence-electron chi connectivity index (χ1n) is 7.99. The molecule has 2 amide bonds. The molecule has 2 aromatic rings. The van der Waals surface area contributed by atoms with Crippen LogP contribution < -0.4 is 10.9 Å². The number of nitrogens with zero attached hydrogens (tertiary/aromatic N) is 1. The molecule has 0 radical (unpaired) electrons. The summed E-state index contributed by atoms with van der Waals surface area (Å²) in [6.07, 6.45) is 1.49. The van der Waals surface area contributed by atoms with Crippen molar-refractivity contribution in [2.45, 2.75) is 12.8 Å². The standard InChI is InChI=1S/C17H16Cl3N3O2S/c18-11-7-12(19)15(13(20)8-11)21-22-16(24)10-3-1-5-23(9-10)17(25)14-4-2-6-26-14/h2,4,6-8,10,21H,1,3,5,9H2,(H,22,24)/t10-/m1/s1. The highest BCUT2D eigenvalue weighted by molar-refractivity contribution is 7.12. The molecule has 1 atom stereocenters. The van der Waals surface area contributed by atoms with Crippen LogP contribution in [0, 0.1) is 5.92 Å². The molecule has 3 rings (SSSR count). The van der Waals surface area contributed by atoms with Gasteiger partial charge in [0.2, 0.25) is 5.91 Å². The van der Waals surface area contributed by atoms with Gasteiger partial charge in [-0.2, -0.15) is 0 Å². The van der Waals surface area contributed by atoms with Crippen LogP contribution in [0.25, 0.3) is 0 Å². The van der Waals surface area contributed by atoms with Gasteiger partial charge in [0.25, 0.3) is 5.91 Å². The Bertz CT molecular complexity index is 791. The Morgan fingerprint density at radius 3 is 2.58 bits per heavy atom. The Morgan fingerprint density at radius 2 is 1.92 bits per heavy atom. The number of nitrogens with one attached hydrogen (secondary N) is 2. The van der Waals surface area contributed by atoms with E-state index in [1.54, 1.807) is 11.0 Å². The number of hydrogen-bond acceptors (Lipinski definition) is 4. The van der Waals surface area contributed by atoms with Crippen molar-refractivity contribution in [3.8, 4) is 0 Å². The Labute approximate surface area is 170 Å². The van der Waals surface area contributed by atoms with Gasteiger partial charge in [0.15, 0.2) is 0 Å². The number of carbonyl (C=O) groups is 2. The van der Waals surface area contributed by atoms with Crippen LogP contribution >= 0.6 is 46.1 Å². The van der Waals surface area contributed by atoms with Crippen LogP contribution in [-0.2, 0) is 4.79 Å². The molecule has 0 spiro atoms. The Morgan fingerprint density at radius 1 is 1.19 bits per heavy atom. The minimum absolute atomic E-state index is 0.0331. The minimum Gasteiger partial charge on any atom is -0.337 e. The number of amides is 2. The van der Waals surface area contributed by atoms with Gasteiger partial charge in [0, 0.05) is 18.1 Å². The zero-order valence-electron chi connectivity index (χ0n) is 13.6. The van der Waals surface area contributed by atoms with E-state index in [2.05, 4.69) is 10.9 Å². The van der Waals surface area contributed by atoms with Crippen molar-refractivity contribution in [2.24, 2.45) is 5.92 Å². The van der Waals surface area contributed by atoms with E-state index in [1.165, 1.54) is 23.5 Å². The van der Waals surface area contributed by atoms with Crippen LogP contribution in [0.3, 0.4) is 0 Å². The number of rotatable bonds is 4. The van der Waals surface area contributed by atoms with Gasteiger partial charge in [0.05, 0.1) is 26.5 Å². The molecule has 1 saturated heterocycles. The predicted molar refractivity (Wildman–Crippen MR) is 106 cm³/mol. The molecule has 1 aromatic heterocycles. The lowest BCUT2D eigenvalue weighted by molar-refractivity contribution is -0.125. The summed E-state index contributed by atoms with van der Waals surface area (Å²) in [4.78, 5) is 27.4. The highest BCUT2D eigenvalue weighted by Crippen LogP contribution is 2.33. The summed E-state index contributed by atoms with van der Waals surface area (Å²) in [7, 11) is 0. The van der Waals surface area contributed by atoms with E-state index >= 15 is 0 Å². The lowest BCUT2D eigenvalue weighted by Crippen LogP contribution is -2.46. The molecule has 1 aliphatic heterocycles. The number of halogens is 3. The fourth-order valence-electron chi connectivity index (χ4n) is 2.82. The summed E-state index contributed by atoms with van der Waals surface area (Å²) in [5, 5.41) is 2.89. The summed E-state index contributed by atoms with van der Waals surface area (Å²) in [5.41, 5.74) is 5.76. The minimum atomic E-state index is -0.301. The number of likely N-dealkylation sites (tertiary alicyclic amines) is 1. The summed E-state index contributed by atoms with van der Waals surface area (Å²) >= 11 is 19.5. The predicted octanol–water partition coefficient (Wildman–Crippen LogP) is 4.70. The Kier molecular flexibility index (Phi) is 6.29. The zero-order valence-corrected chi connectivity index (χ0v) is 16.7. The number of piperidine rings is 1. The van der Waals surface area contributed by atoms with Crippen molar-refractivity contribution in [3.63, 3.8) is 0 Å². The normalized spacial score (nSPS) is 17.0. The first-order chi connectivity index (χ1) is 12.5. The van der Waals surface area contributed by atoms with Crippen LogP contribution in [0.2, 0.25) is 15.1 Å². The summed E-state index contributed by atoms with van der Waals surface area (Å²) < 4.78 is 0. The van der Waals surface area contributed by atoms with Crippen molar-refractivity contribution in [3.05, 3.63) is 49.6 Å². The van der Waals surface area contributed by atoms with E-state index in [4.69, 9.17) is 34.8 Å². The third-order valence-corrected chi connectivity index (χ3v) is 5.80. The number of hydrogen-bond donors (Lipinski definition) is 2. The maximum atomic E-state index is 12.5. The van der Waals surface area contributed by atoms with Gasteiger partial charge in [-0.1, -0.05) is 40.9 Å². The van der Waals surface area contributed by atoms with Crippen molar-refractivity contribution in [1.82, 2.24) is 10.3 Å². The van der Waals surface area contributed by atoms with Crippen LogP contribution in [-0.4, -0.2) is 29.8 Å². The molecule has 0 aliphatic carbocycles. The van der Waals surface area contributed by atoms with Gasteiger partial charge in [-0.15, -0.1) is 11.3 Å². The van der Waals surface area contributed by atoms with Crippen molar-refractivity contribution >= 4 is 63.6 Å². The molecule has 1 aliphatic rings. The number of carbonyl (C=O) groups excluding carboxylic acids is 2. The van der Waals surface area contributed by atoms with E-state index in [0.717, 1.165) is 6.42 Å².